The molecule has 0 aliphatic rings. The second kappa shape index (κ2) is 6.23. The summed E-state index contributed by atoms with van der Waals surface area (Å²) in [7, 11) is 0. The van der Waals surface area contributed by atoms with E-state index in [1.807, 2.05) is 60.9 Å². The molecule has 0 radical (unpaired) electrons. The highest BCUT2D eigenvalue weighted by atomic mass is 32.2. The average Bonchev–Trinajstić information content (AvgIpc) is 2.46. The molecule has 0 amide bonds. The summed E-state index contributed by atoms with van der Waals surface area (Å²) in [6.45, 7) is 0. The summed E-state index contributed by atoms with van der Waals surface area (Å²) < 4.78 is 0. The fraction of sp³-hybridized carbons (Fsp3) is 0.0714. The summed E-state index contributed by atoms with van der Waals surface area (Å²) in [6, 6.07) is 17.4. The van der Waals surface area contributed by atoms with Crippen molar-refractivity contribution in [1.29, 1.82) is 0 Å². The molecular formula is C14H14N2OS. The smallest absolute Gasteiger partial charge is 0.157 e. The Balaban J connectivity index is 2.29. The van der Waals surface area contributed by atoms with Crippen molar-refractivity contribution < 1.29 is 5.21 Å². The summed E-state index contributed by atoms with van der Waals surface area (Å²) >= 11 is 1.69. The molecule has 0 fully saturated rings. The number of nitrogens with one attached hydrogen (secondary N) is 1. The second-order valence-corrected chi connectivity index (χ2v) is 4.52. The molecule has 18 heavy (non-hydrogen) atoms. The van der Waals surface area contributed by atoms with E-state index in [9.17, 15) is 0 Å². The van der Waals surface area contributed by atoms with Crippen molar-refractivity contribution in [2.24, 2.45) is 4.99 Å². The van der Waals surface area contributed by atoms with Gasteiger partial charge in [0.15, 0.2) is 5.84 Å². The zero-order valence-electron chi connectivity index (χ0n) is 10.00. The standard InChI is InChI=1S/C14H14N2OS/c1-18-13-9-7-12(8-10-13)15-14(16-17)11-5-3-2-4-6-11/h2-10,17H,1H3,(H,15,16). The normalized spacial score (nSPS) is 11.3. The summed E-state index contributed by atoms with van der Waals surface area (Å²) in [5, 5.41) is 9.16. The van der Waals surface area contributed by atoms with Crippen LogP contribution in [0.2, 0.25) is 0 Å². The van der Waals surface area contributed by atoms with Crippen LogP contribution in [0.3, 0.4) is 0 Å². The lowest BCUT2D eigenvalue weighted by Crippen LogP contribution is -2.19. The molecule has 2 aromatic rings. The van der Waals surface area contributed by atoms with E-state index >= 15 is 0 Å². The van der Waals surface area contributed by atoms with Crippen LogP contribution in [0.1, 0.15) is 5.56 Å². The number of amidine groups is 1. The molecule has 2 N–H and O–H groups in total. The number of hydroxylamine groups is 1. The minimum absolute atomic E-state index is 0.438. The highest BCUT2D eigenvalue weighted by molar-refractivity contribution is 7.98. The Kier molecular flexibility index (Phi) is 4.39. The van der Waals surface area contributed by atoms with Crippen LogP contribution in [0.4, 0.5) is 5.69 Å². The third kappa shape index (κ3) is 3.12. The molecule has 0 saturated carbocycles. The van der Waals surface area contributed by atoms with E-state index in [4.69, 9.17) is 5.21 Å². The topological polar surface area (TPSA) is 44.6 Å². The van der Waals surface area contributed by atoms with Crippen LogP contribution in [0, 0.1) is 0 Å². The molecule has 0 bridgehead atoms. The van der Waals surface area contributed by atoms with Gasteiger partial charge in [0.05, 0.1) is 5.69 Å². The second-order valence-electron chi connectivity index (χ2n) is 3.64. The monoisotopic (exact) mass is 258 g/mol. The molecule has 0 saturated heterocycles. The maximum absolute atomic E-state index is 9.16. The first-order valence-electron chi connectivity index (χ1n) is 5.52. The van der Waals surface area contributed by atoms with Crippen molar-refractivity contribution in [3.05, 3.63) is 60.2 Å². The largest absolute Gasteiger partial charge is 0.290 e. The molecule has 0 atom stereocenters. The number of rotatable bonds is 3. The predicted octanol–water partition coefficient (Wildman–Crippen LogP) is 3.47. The highest BCUT2D eigenvalue weighted by Gasteiger charge is 2.01. The van der Waals surface area contributed by atoms with E-state index in [0.29, 0.717) is 5.84 Å². The van der Waals surface area contributed by atoms with Gasteiger partial charge in [-0.05, 0) is 30.5 Å². The Morgan fingerprint density at radius 2 is 1.72 bits per heavy atom. The number of hydrogen-bond acceptors (Lipinski definition) is 3. The molecule has 0 unspecified atom stereocenters. The molecule has 92 valence electrons. The van der Waals surface area contributed by atoms with Crippen LogP contribution < -0.4 is 5.48 Å². The molecule has 3 nitrogen and oxygen atoms in total. The number of nitrogens with zero attached hydrogens (tertiary/aromatic N) is 1. The lowest BCUT2D eigenvalue weighted by molar-refractivity contribution is 0.235. The molecule has 4 heteroatoms. The Bertz CT molecular complexity index is 523. The van der Waals surface area contributed by atoms with Gasteiger partial charge in [-0.1, -0.05) is 30.3 Å². The molecule has 0 aliphatic heterocycles. The van der Waals surface area contributed by atoms with Crippen LogP contribution in [-0.2, 0) is 0 Å². The van der Waals surface area contributed by atoms with Crippen molar-refractivity contribution >= 4 is 23.3 Å². The Labute approximate surface area is 111 Å². The van der Waals surface area contributed by atoms with E-state index in [0.717, 1.165) is 11.3 Å². The van der Waals surface area contributed by atoms with Gasteiger partial charge in [0.1, 0.15) is 0 Å². The molecular weight excluding hydrogens is 244 g/mol. The first kappa shape index (κ1) is 12.7. The molecule has 0 aromatic heterocycles. The third-order valence-corrected chi connectivity index (χ3v) is 3.21. The van der Waals surface area contributed by atoms with Gasteiger partial charge in [-0.3, -0.25) is 10.7 Å². The third-order valence-electron chi connectivity index (χ3n) is 2.47. The Morgan fingerprint density at radius 1 is 1.06 bits per heavy atom. The van der Waals surface area contributed by atoms with Crippen molar-refractivity contribution in [2.75, 3.05) is 6.26 Å². The van der Waals surface area contributed by atoms with Crippen LogP contribution in [0.5, 0.6) is 0 Å². The summed E-state index contributed by atoms with van der Waals surface area (Å²) in [6.07, 6.45) is 2.03. The first-order valence-corrected chi connectivity index (χ1v) is 6.74. The number of benzene rings is 2. The first-order chi connectivity index (χ1) is 8.83. The van der Waals surface area contributed by atoms with Crippen molar-refractivity contribution in [1.82, 2.24) is 5.48 Å². The van der Waals surface area contributed by atoms with E-state index in [1.165, 1.54) is 4.90 Å². The minimum Gasteiger partial charge on any atom is -0.290 e. The van der Waals surface area contributed by atoms with E-state index in [-0.39, 0.29) is 0 Å². The van der Waals surface area contributed by atoms with Gasteiger partial charge in [0.25, 0.3) is 0 Å². The predicted molar refractivity (Wildman–Crippen MR) is 75.8 cm³/mol. The van der Waals surface area contributed by atoms with E-state index in [1.54, 1.807) is 11.8 Å². The minimum atomic E-state index is 0.438. The van der Waals surface area contributed by atoms with Gasteiger partial charge in [0.2, 0.25) is 0 Å². The molecule has 0 aliphatic carbocycles. The number of aliphatic imine (C=N–C) groups is 1. The van der Waals surface area contributed by atoms with Crippen LogP contribution in [0.25, 0.3) is 0 Å². The van der Waals surface area contributed by atoms with Crippen LogP contribution in [-0.4, -0.2) is 17.3 Å². The van der Waals surface area contributed by atoms with Gasteiger partial charge in [-0.15, -0.1) is 11.8 Å². The summed E-state index contributed by atoms with van der Waals surface area (Å²) in [5.41, 5.74) is 3.78. The molecule has 0 heterocycles. The molecule has 2 aromatic carbocycles. The maximum Gasteiger partial charge on any atom is 0.157 e. The maximum atomic E-state index is 9.16. The van der Waals surface area contributed by atoms with E-state index < -0.39 is 0 Å². The zero-order chi connectivity index (χ0) is 12.8. The van der Waals surface area contributed by atoms with Crippen molar-refractivity contribution in [3.8, 4) is 0 Å². The Morgan fingerprint density at radius 3 is 2.28 bits per heavy atom. The Hall–Kier alpha value is -1.78. The van der Waals surface area contributed by atoms with E-state index in [2.05, 4.69) is 10.5 Å². The van der Waals surface area contributed by atoms with Gasteiger partial charge in [0, 0.05) is 10.5 Å². The van der Waals surface area contributed by atoms with Crippen LogP contribution in [0.15, 0.2) is 64.5 Å². The van der Waals surface area contributed by atoms with Crippen LogP contribution >= 0.6 is 11.8 Å². The fourth-order valence-corrected chi connectivity index (χ4v) is 1.94. The van der Waals surface area contributed by atoms with Gasteiger partial charge in [-0.25, -0.2) is 4.99 Å². The SMILES string of the molecule is CSc1ccc(N=C(NO)c2ccccc2)cc1. The summed E-state index contributed by atoms with van der Waals surface area (Å²) in [5.74, 6) is 0.438. The lowest BCUT2D eigenvalue weighted by Gasteiger charge is -2.05. The number of thioether (sulfide) groups is 1. The molecule has 2 rings (SSSR count). The van der Waals surface area contributed by atoms with Gasteiger partial charge >= 0.3 is 0 Å². The highest BCUT2D eigenvalue weighted by Crippen LogP contribution is 2.20. The van der Waals surface area contributed by atoms with Gasteiger partial charge in [-0.2, -0.15) is 0 Å². The zero-order valence-corrected chi connectivity index (χ0v) is 10.8. The summed E-state index contributed by atoms with van der Waals surface area (Å²) in [4.78, 5) is 5.56. The fourth-order valence-electron chi connectivity index (χ4n) is 1.54. The van der Waals surface area contributed by atoms with Crippen molar-refractivity contribution in [3.63, 3.8) is 0 Å². The lowest BCUT2D eigenvalue weighted by atomic mass is 10.2. The molecule has 0 spiro atoms. The van der Waals surface area contributed by atoms with Crippen molar-refractivity contribution in [2.45, 2.75) is 4.90 Å². The number of hydrogen-bond donors (Lipinski definition) is 2. The average molecular weight is 258 g/mol. The van der Waals surface area contributed by atoms with Gasteiger partial charge < -0.3 is 0 Å². The quantitative estimate of drug-likeness (QED) is 0.383.